The summed E-state index contributed by atoms with van der Waals surface area (Å²) < 4.78 is 2.47. The lowest BCUT2D eigenvalue weighted by molar-refractivity contribution is 0.0989. The van der Waals surface area contributed by atoms with Gasteiger partial charge in [0.2, 0.25) is 0 Å². The molecule has 17 heavy (non-hydrogen) atoms. The molecule has 1 aromatic carbocycles. The molecule has 2 aromatic rings. The van der Waals surface area contributed by atoms with Gasteiger partial charge in [0.05, 0.1) is 6.42 Å². The molecular weight excluding hydrogens is 282 g/mol. The van der Waals surface area contributed by atoms with Crippen molar-refractivity contribution < 1.29 is 4.79 Å². The predicted octanol–water partition coefficient (Wildman–Crippen LogP) is 2.31. The number of carbonyl (C=O) groups is 1. The van der Waals surface area contributed by atoms with Crippen LogP contribution >= 0.6 is 15.9 Å². The molecule has 0 aliphatic rings. The Hall–Kier alpha value is -1.49. The van der Waals surface area contributed by atoms with Crippen molar-refractivity contribution in [2.75, 3.05) is 0 Å². The highest BCUT2D eigenvalue weighted by atomic mass is 79.9. The van der Waals surface area contributed by atoms with Crippen LogP contribution in [0.25, 0.3) is 0 Å². The van der Waals surface area contributed by atoms with E-state index in [1.54, 1.807) is 11.7 Å². The lowest BCUT2D eigenvalue weighted by atomic mass is 10.1. The van der Waals surface area contributed by atoms with Crippen LogP contribution in [0.1, 0.15) is 21.7 Å². The topological polar surface area (TPSA) is 47.8 Å². The van der Waals surface area contributed by atoms with Crippen LogP contribution in [0.3, 0.4) is 0 Å². The van der Waals surface area contributed by atoms with Crippen LogP contribution in [-0.2, 0) is 13.5 Å². The summed E-state index contributed by atoms with van der Waals surface area (Å²) in [5.41, 5.74) is 1.74. The third-order valence-electron chi connectivity index (χ3n) is 2.62. The van der Waals surface area contributed by atoms with Gasteiger partial charge in [-0.05, 0) is 28.4 Å². The number of hydrogen-bond acceptors (Lipinski definition) is 3. The highest BCUT2D eigenvalue weighted by Crippen LogP contribution is 2.22. The fourth-order valence-corrected chi connectivity index (χ4v) is 2.07. The molecule has 0 saturated carbocycles. The normalized spacial score (nSPS) is 10.5. The lowest BCUT2D eigenvalue weighted by Crippen LogP contribution is -2.10. The minimum absolute atomic E-state index is 0.0386. The van der Waals surface area contributed by atoms with Crippen molar-refractivity contribution in [2.45, 2.75) is 13.3 Å². The molecule has 0 aliphatic carbocycles. The Kier molecular flexibility index (Phi) is 3.38. The second-order valence-electron chi connectivity index (χ2n) is 3.84. The first-order valence-corrected chi connectivity index (χ1v) is 6.00. The Morgan fingerprint density at radius 2 is 2.24 bits per heavy atom. The number of rotatable bonds is 3. The second-order valence-corrected chi connectivity index (χ2v) is 4.63. The number of carbonyl (C=O) groups excluding carboxylic acids is 1. The molecule has 0 N–H and O–H groups in total. The van der Waals surface area contributed by atoms with Crippen LogP contribution in [0, 0.1) is 6.92 Å². The highest BCUT2D eigenvalue weighted by molar-refractivity contribution is 9.10. The summed E-state index contributed by atoms with van der Waals surface area (Å²) in [7, 11) is 1.78. The van der Waals surface area contributed by atoms with E-state index in [0.29, 0.717) is 11.4 Å². The van der Waals surface area contributed by atoms with E-state index in [-0.39, 0.29) is 12.2 Å². The number of hydrogen-bond donors (Lipinski definition) is 0. The van der Waals surface area contributed by atoms with Crippen molar-refractivity contribution in [1.29, 1.82) is 0 Å². The van der Waals surface area contributed by atoms with Crippen LogP contribution in [0.4, 0.5) is 0 Å². The van der Waals surface area contributed by atoms with E-state index in [1.807, 2.05) is 25.1 Å². The molecule has 1 heterocycles. The van der Waals surface area contributed by atoms with Crippen LogP contribution in [0.2, 0.25) is 0 Å². The van der Waals surface area contributed by atoms with Gasteiger partial charge >= 0.3 is 0 Å². The van der Waals surface area contributed by atoms with Crippen molar-refractivity contribution in [3.05, 3.63) is 46.0 Å². The molecule has 0 fully saturated rings. The fraction of sp³-hybridized carbons (Fsp3) is 0.250. The number of ketones is 1. The van der Waals surface area contributed by atoms with E-state index in [1.165, 1.54) is 6.33 Å². The summed E-state index contributed by atoms with van der Waals surface area (Å²) in [6.07, 6.45) is 1.71. The molecule has 0 radical (unpaired) electrons. The molecule has 4 nitrogen and oxygen atoms in total. The van der Waals surface area contributed by atoms with E-state index in [0.717, 1.165) is 10.0 Å². The Labute approximate surface area is 108 Å². The monoisotopic (exact) mass is 293 g/mol. The summed E-state index contributed by atoms with van der Waals surface area (Å²) >= 11 is 3.44. The summed E-state index contributed by atoms with van der Waals surface area (Å²) in [6, 6.07) is 5.66. The van der Waals surface area contributed by atoms with Gasteiger partial charge in [0.25, 0.3) is 0 Å². The zero-order chi connectivity index (χ0) is 12.4. The van der Waals surface area contributed by atoms with Gasteiger partial charge in [-0.25, -0.2) is 4.98 Å². The third-order valence-corrected chi connectivity index (χ3v) is 3.67. The maximum absolute atomic E-state index is 12.1. The number of nitrogens with zero attached hydrogens (tertiary/aromatic N) is 3. The zero-order valence-corrected chi connectivity index (χ0v) is 11.2. The molecular formula is C12H12BrN3O. The SMILES string of the molecule is Cc1cccc(C(=O)Cc2ncnn2C)c1Br. The summed E-state index contributed by atoms with van der Waals surface area (Å²) in [4.78, 5) is 16.2. The highest BCUT2D eigenvalue weighted by Gasteiger charge is 2.14. The molecule has 0 unspecified atom stereocenters. The van der Waals surface area contributed by atoms with E-state index in [9.17, 15) is 4.79 Å². The van der Waals surface area contributed by atoms with Crippen LogP contribution in [0.15, 0.2) is 29.0 Å². The molecule has 1 aromatic heterocycles. The maximum Gasteiger partial charge on any atom is 0.171 e. The molecule has 0 aliphatic heterocycles. The zero-order valence-electron chi connectivity index (χ0n) is 9.64. The molecule has 88 valence electrons. The Bertz CT molecular complexity index is 563. The molecule has 0 saturated heterocycles. The first-order chi connectivity index (χ1) is 8.09. The number of halogens is 1. The smallest absolute Gasteiger partial charge is 0.171 e. The van der Waals surface area contributed by atoms with Crippen molar-refractivity contribution in [2.24, 2.45) is 7.05 Å². The minimum atomic E-state index is 0.0386. The first kappa shape index (κ1) is 12.0. The summed E-state index contributed by atoms with van der Waals surface area (Å²) in [6.45, 7) is 1.96. The van der Waals surface area contributed by atoms with Crippen molar-refractivity contribution >= 4 is 21.7 Å². The lowest BCUT2D eigenvalue weighted by Gasteiger charge is -2.05. The number of aromatic nitrogens is 3. The quantitative estimate of drug-likeness (QED) is 0.816. The van der Waals surface area contributed by atoms with Gasteiger partial charge in [0, 0.05) is 17.1 Å². The fourth-order valence-electron chi connectivity index (χ4n) is 1.58. The second kappa shape index (κ2) is 4.79. The van der Waals surface area contributed by atoms with Gasteiger partial charge in [-0.3, -0.25) is 9.48 Å². The molecule has 5 heteroatoms. The molecule has 0 amide bonds. The number of benzene rings is 1. The Morgan fingerprint density at radius 1 is 1.47 bits per heavy atom. The van der Waals surface area contributed by atoms with Gasteiger partial charge < -0.3 is 0 Å². The van der Waals surface area contributed by atoms with Gasteiger partial charge in [-0.15, -0.1) is 0 Å². The number of Topliss-reactive ketones (excluding diaryl/α,β-unsaturated/α-hetero) is 1. The van der Waals surface area contributed by atoms with Gasteiger partial charge in [-0.1, -0.05) is 18.2 Å². The first-order valence-electron chi connectivity index (χ1n) is 5.21. The van der Waals surface area contributed by atoms with E-state index in [2.05, 4.69) is 26.0 Å². The average Bonchev–Trinajstić information content (AvgIpc) is 2.68. The van der Waals surface area contributed by atoms with Crippen molar-refractivity contribution in [3.8, 4) is 0 Å². The minimum Gasteiger partial charge on any atom is -0.294 e. The van der Waals surface area contributed by atoms with E-state index in [4.69, 9.17) is 0 Å². The molecule has 0 spiro atoms. The third kappa shape index (κ3) is 2.44. The van der Waals surface area contributed by atoms with Crippen LogP contribution in [-0.4, -0.2) is 20.5 Å². The molecule has 0 bridgehead atoms. The van der Waals surface area contributed by atoms with E-state index < -0.39 is 0 Å². The van der Waals surface area contributed by atoms with Crippen LogP contribution in [0.5, 0.6) is 0 Å². The largest absolute Gasteiger partial charge is 0.294 e. The Morgan fingerprint density at radius 3 is 2.88 bits per heavy atom. The Balaban J connectivity index is 2.27. The summed E-state index contributed by atoms with van der Waals surface area (Å²) in [5, 5.41) is 3.94. The summed E-state index contributed by atoms with van der Waals surface area (Å²) in [5.74, 6) is 0.708. The van der Waals surface area contributed by atoms with Crippen molar-refractivity contribution in [3.63, 3.8) is 0 Å². The standard InChI is InChI=1S/C12H12BrN3O/c1-8-4-3-5-9(12(8)13)10(17)6-11-14-7-15-16(11)2/h3-5,7H,6H2,1-2H3. The average molecular weight is 294 g/mol. The number of aryl methyl sites for hydroxylation is 2. The van der Waals surface area contributed by atoms with Gasteiger partial charge in [0.15, 0.2) is 5.78 Å². The maximum atomic E-state index is 12.1. The van der Waals surface area contributed by atoms with Gasteiger partial charge in [0.1, 0.15) is 12.2 Å². The predicted molar refractivity (Wildman–Crippen MR) is 67.9 cm³/mol. The van der Waals surface area contributed by atoms with Gasteiger partial charge in [-0.2, -0.15) is 5.10 Å². The van der Waals surface area contributed by atoms with Crippen LogP contribution < -0.4 is 0 Å². The molecule has 2 rings (SSSR count). The van der Waals surface area contributed by atoms with E-state index >= 15 is 0 Å². The molecule has 0 atom stereocenters. The van der Waals surface area contributed by atoms with Crippen molar-refractivity contribution in [1.82, 2.24) is 14.8 Å².